The average Bonchev–Trinajstić information content (AvgIpc) is 2.57. The van der Waals surface area contributed by atoms with Gasteiger partial charge in [0.15, 0.2) is 0 Å². The monoisotopic (exact) mass is 303 g/mol. The van der Waals surface area contributed by atoms with Crippen molar-refractivity contribution in [2.75, 3.05) is 31.1 Å². The lowest BCUT2D eigenvalue weighted by Gasteiger charge is -2.41. The van der Waals surface area contributed by atoms with Crippen molar-refractivity contribution in [3.8, 4) is 5.75 Å². The van der Waals surface area contributed by atoms with Crippen molar-refractivity contribution >= 4 is 11.6 Å². The maximum absolute atomic E-state index is 13.0. The highest BCUT2D eigenvalue weighted by atomic mass is 16.5. The number of fused-ring (bicyclic) bond motifs is 4. The Morgan fingerprint density at radius 2 is 2.18 bits per heavy atom. The van der Waals surface area contributed by atoms with Crippen molar-refractivity contribution in [1.29, 1.82) is 0 Å². The second-order valence-corrected chi connectivity index (χ2v) is 6.13. The molecular weight excluding hydrogens is 278 g/mol. The van der Waals surface area contributed by atoms with Crippen LogP contribution in [0.15, 0.2) is 24.3 Å². The zero-order valence-electron chi connectivity index (χ0n) is 13.2. The third kappa shape index (κ3) is 2.96. The molecule has 1 amide bonds. The van der Waals surface area contributed by atoms with Crippen molar-refractivity contribution < 1.29 is 9.53 Å². The van der Waals surface area contributed by atoms with E-state index in [1.165, 1.54) is 0 Å². The number of nitrogens with zero attached hydrogens (tertiary/aromatic N) is 2. The van der Waals surface area contributed by atoms with E-state index >= 15 is 0 Å². The molecule has 5 heteroatoms. The summed E-state index contributed by atoms with van der Waals surface area (Å²) < 4.78 is 5.87. The SMILES string of the molecule is CCC(N)CN1CCN2C(=O)C1CCCOc1ccccc12. The molecule has 5 nitrogen and oxygen atoms in total. The van der Waals surface area contributed by atoms with Gasteiger partial charge in [-0.15, -0.1) is 0 Å². The zero-order chi connectivity index (χ0) is 15.5. The molecule has 2 N–H and O–H groups in total. The Kier molecular flexibility index (Phi) is 4.64. The molecule has 0 saturated carbocycles. The molecule has 1 saturated heterocycles. The summed E-state index contributed by atoms with van der Waals surface area (Å²) in [5, 5.41) is 0. The fraction of sp³-hybridized carbons (Fsp3) is 0.588. The van der Waals surface area contributed by atoms with E-state index in [1.54, 1.807) is 0 Å². The molecular formula is C17H25N3O2. The number of hydrogen-bond donors (Lipinski definition) is 1. The van der Waals surface area contributed by atoms with Gasteiger partial charge in [-0.25, -0.2) is 0 Å². The Labute approximate surface area is 132 Å². The van der Waals surface area contributed by atoms with E-state index in [-0.39, 0.29) is 18.0 Å². The summed E-state index contributed by atoms with van der Waals surface area (Å²) in [5.41, 5.74) is 7.01. The molecule has 2 unspecified atom stereocenters. The largest absolute Gasteiger partial charge is 0.491 e. The van der Waals surface area contributed by atoms with Gasteiger partial charge in [-0.1, -0.05) is 19.1 Å². The van der Waals surface area contributed by atoms with Gasteiger partial charge in [-0.3, -0.25) is 9.69 Å². The van der Waals surface area contributed by atoms with Gasteiger partial charge in [-0.05, 0) is 31.4 Å². The molecule has 1 aromatic rings. The van der Waals surface area contributed by atoms with E-state index in [4.69, 9.17) is 10.5 Å². The number of piperazine rings is 1. The second-order valence-electron chi connectivity index (χ2n) is 6.13. The van der Waals surface area contributed by atoms with Crippen LogP contribution in [0.4, 0.5) is 5.69 Å². The molecule has 2 aliphatic heterocycles. The van der Waals surface area contributed by atoms with Crippen LogP contribution in [0.1, 0.15) is 26.2 Å². The highest BCUT2D eigenvalue weighted by Crippen LogP contribution is 2.32. The van der Waals surface area contributed by atoms with E-state index in [2.05, 4.69) is 11.8 Å². The summed E-state index contributed by atoms with van der Waals surface area (Å²) >= 11 is 0. The fourth-order valence-electron chi connectivity index (χ4n) is 3.29. The minimum atomic E-state index is -0.0684. The average molecular weight is 303 g/mol. The van der Waals surface area contributed by atoms with Gasteiger partial charge in [0, 0.05) is 25.7 Å². The molecule has 0 aromatic heterocycles. The fourth-order valence-corrected chi connectivity index (χ4v) is 3.29. The number of benzene rings is 1. The summed E-state index contributed by atoms with van der Waals surface area (Å²) in [4.78, 5) is 17.1. The van der Waals surface area contributed by atoms with Crippen LogP contribution in [0.2, 0.25) is 0 Å². The van der Waals surface area contributed by atoms with Gasteiger partial charge >= 0.3 is 0 Å². The molecule has 120 valence electrons. The molecule has 2 aliphatic rings. The summed E-state index contributed by atoms with van der Waals surface area (Å²) in [7, 11) is 0. The number of nitrogens with two attached hydrogens (primary N) is 1. The molecule has 2 heterocycles. The lowest BCUT2D eigenvalue weighted by molar-refractivity contribution is -0.126. The summed E-state index contributed by atoms with van der Waals surface area (Å²) in [6, 6.07) is 7.90. The molecule has 0 spiro atoms. The number of anilines is 1. The maximum atomic E-state index is 13.0. The number of hydrogen-bond acceptors (Lipinski definition) is 4. The first-order valence-corrected chi connectivity index (χ1v) is 8.23. The van der Waals surface area contributed by atoms with Gasteiger partial charge in [0.25, 0.3) is 0 Å². The van der Waals surface area contributed by atoms with Gasteiger partial charge in [0.1, 0.15) is 5.75 Å². The second kappa shape index (κ2) is 6.67. The number of para-hydroxylation sites is 2. The predicted octanol–water partition coefficient (Wildman–Crippen LogP) is 1.61. The Morgan fingerprint density at radius 1 is 1.36 bits per heavy atom. The van der Waals surface area contributed by atoms with Crippen molar-refractivity contribution in [3.05, 3.63) is 24.3 Å². The number of carbonyl (C=O) groups is 1. The first-order valence-electron chi connectivity index (χ1n) is 8.23. The summed E-state index contributed by atoms with van der Waals surface area (Å²) in [6.07, 6.45) is 2.66. The molecule has 2 atom stereocenters. The van der Waals surface area contributed by atoms with Crippen molar-refractivity contribution in [3.63, 3.8) is 0 Å². The smallest absolute Gasteiger partial charge is 0.244 e. The molecule has 0 aliphatic carbocycles. The van der Waals surface area contributed by atoms with Crippen molar-refractivity contribution in [2.24, 2.45) is 5.73 Å². The van der Waals surface area contributed by atoms with E-state index < -0.39 is 0 Å². The molecule has 3 rings (SSSR count). The molecule has 22 heavy (non-hydrogen) atoms. The van der Waals surface area contributed by atoms with E-state index in [0.29, 0.717) is 13.2 Å². The van der Waals surface area contributed by atoms with Crippen LogP contribution in [-0.4, -0.2) is 49.1 Å². The van der Waals surface area contributed by atoms with Crippen LogP contribution >= 0.6 is 0 Å². The topological polar surface area (TPSA) is 58.8 Å². The van der Waals surface area contributed by atoms with Crippen LogP contribution in [0.3, 0.4) is 0 Å². The standard InChI is InChI=1S/C17H25N3O2/c1-2-13(18)12-19-9-10-20-14-6-3-4-8-16(14)22-11-5-7-15(19)17(20)21/h3-4,6,8,13,15H,2,5,7,9-12,18H2,1H3. The lowest BCUT2D eigenvalue weighted by Crippen LogP contribution is -2.59. The van der Waals surface area contributed by atoms with E-state index in [1.807, 2.05) is 29.2 Å². The maximum Gasteiger partial charge on any atom is 0.244 e. The molecule has 2 bridgehead atoms. The van der Waals surface area contributed by atoms with Gasteiger partial charge in [0.2, 0.25) is 5.91 Å². The Balaban J connectivity index is 1.87. The van der Waals surface area contributed by atoms with Crippen LogP contribution in [0, 0.1) is 0 Å². The number of ether oxygens (including phenoxy) is 1. The van der Waals surface area contributed by atoms with E-state index in [9.17, 15) is 4.79 Å². The Hall–Kier alpha value is -1.59. The lowest BCUT2D eigenvalue weighted by atomic mass is 10.0. The number of carbonyl (C=O) groups excluding carboxylic acids is 1. The summed E-state index contributed by atoms with van der Waals surface area (Å²) in [6.45, 7) is 5.12. The molecule has 0 radical (unpaired) electrons. The Bertz CT molecular complexity index is 534. The van der Waals surface area contributed by atoms with Gasteiger partial charge < -0.3 is 15.4 Å². The molecule has 1 fully saturated rings. The zero-order valence-corrected chi connectivity index (χ0v) is 13.2. The molecule has 1 aromatic carbocycles. The van der Waals surface area contributed by atoms with Crippen LogP contribution < -0.4 is 15.4 Å². The predicted molar refractivity (Wildman–Crippen MR) is 87.2 cm³/mol. The van der Waals surface area contributed by atoms with Gasteiger partial charge in [0.05, 0.1) is 18.3 Å². The van der Waals surface area contributed by atoms with Crippen molar-refractivity contribution in [1.82, 2.24) is 4.90 Å². The highest BCUT2D eigenvalue weighted by Gasteiger charge is 2.37. The minimum Gasteiger partial charge on any atom is -0.491 e. The Morgan fingerprint density at radius 3 is 3.00 bits per heavy atom. The number of amides is 1. The summed E-state index contributed by atoms with van der Waals surface area (Å²) in [5.74, 6) is 1.00. The highest BCUT2D eigenvalue weighted by molar-refractivity contribution is 5.99. The first kappa shape index (κ1) is 15.3. The third-order valence-corrected chi connectivity index (χ3v) is 4.63. The normalized spacial score (nSPS) is 23.8. The third-order valence-electron chi connectivity index (χ3n) is 4.63. The minimum absolute atomic E-state index is 0.0684. The van der Waals surface area contributed by atoms with Crippen LogP contribution in [-0.2, 0) is 4.79 Å². The first-order chi connectivity index (χ1) is 10.7. The van der Waals surface area contributed by atoms with Gasteiger partial charge in [-0.2, -0.15) is 0 Å². The van der Waals surface area contributed by atoms with Crippen molar-refractivity contribution in [2.45, 2.75) is 38.3 Å². The number of rotatable bonds is 3. The quantitative estimate of drug-likeness (QED) is 0.922. The van der Waals surface area contributed by atoms with E-state index in [0.717, 1.165) is 43.8 Å². The van der Waals surface area contributed by atoms with Crippen LogP contribution in [0.5, 0.6) is 5.75 Å². The van der Waals surface area contributed by atoms with Crippen LogP contribution in [0.25, 0.3) is 0 Å².